The number of hydrogen-bond acceptors (Lipinski definition) is 6. The minimum absolute atomic E-state index is 0.0791. The van der Waals surface area contributed by atoms with Crippen molar-refractivity contribution in [2.24, 2.45) is 11.7 Å². The van der Waals surface area contributed by atoms with Crippen molar-refractivity contribution >= 4 is 23.0 Å². The number of carbonyl (C=O) groups is 2. The van der Waals surface area contributed by atoms with E-state index in [1.807, 2.05) is 47.1 Å². The van der Waals surface area contributed by atoms with Crippen LogP contribution in [0.25, 0.3) is 10.9 Å². The zero-order chi connectivity index (χ0) is 21.4. The van der Waals surface area contributed by atoms with Gasteiger partial charge < -0.3 is 20.1 Å². The van der Waals surface area contributed by atoms with E-state index in [0.717, 1.165) is 43.6 Å². The lowest BCUT2D eigenvalue weighted by atomic mass is 9.84. The highest BCUT2D eigenvalue weighted by molar-refractivity contribution is 6.05. The molecule has 160 valence electrons. The Balaban J connectivity index is 1.50. The SMILES string of the molecule is NC(=O)OC(=O)c1nn([C@@H]2CN3CCC2CC3)c2ccc(OCc3ccccc3)cc12. The first-order valence-corrected chi connectivity index (χ1v) is 10.5. The van der Waals surface area contributed by atoms with E-state index in [2.05, 4.69) is 14.7 Å². The van der Waals surface area contributed by atoms with E-state index in [1.165, 1.54) is 0 Å². The van der Waals surface area contributed by atoms with Crippen molar-refractivity contribution in [1.82, 2.24) is 14.7 Å². The predicted octanol–water partition coefficient (Wildman–Crippen LogP) is 3.12. The van der Waals surface area contributed by atoms with E-state index in [-0.39, 0.29) is 11.7 Å². The molecule has 6 rings (SSSR count). The van der Waals surface area contributed by atoms with Gasteiger partial charge in [0, 0.05) is 11.9 Å². The van der Waals surface area contributed by atoms with Crippen LogP contribution in [0.5, 0.6) is 5.75 Å². The number of rotatable bonds is 5. The zero-order valence-corrected chi connectivity index (χ0v) is 17.1. The maximum Gasteiger partial charge on any atom is 0.412 e. The van der Waals surface area contributed by atoms with Crippen LogP contribution < -0.4 is 10.5 Å². The molecule has 0 unspecified atom stereocenters. The number of carbonyl (C=O) groups excluding carboxylic acids is 2. The second-order valence-corrected chi connectivity index (χ2v) is 8.16. The van der Waals surface area contributed by atoms with Crippen molar-refractivity contribution in [2.75, 3.05) is 19.6 Å². The van der Waals surface area contributed by atoms with Crippen molar-refractivity contribution in [1.29, 1.82) is 0 Å². The van der Waals surface area contributed by atoms with Gasteiger partial charge in [0.15, 0.2) is 5.69 Å². The monoisotopic (exact) mass is 420 g/mol. The third kappa shape index (κ3) is 3.86. The lowest BCUT2D eigenvalue weighted by molar-refractivity contribution is 0.0518. The Morgan fingerprint density at radius 2 is 1.87 bits per heavy atom. The lowest BCUT2D eigenvalue weighted by Gasteiger charge is -2.44. The molecular formula is C23H24N4O4. The molecule has 0 aliphatic carbocycles. The molecule has 3 saturated heterocycles. The van der Waals surface area contributed by atoms with Crippen LogP contribution >= 0.6 is 0 Å². The van der Waals surface area contributed by atoms with Crippen LogP contribution in [0.4, 0.5) is 4.79 Å². The molecule has 2 N–H and O–H groups in total. The molecule has 0 saturated carbocycles. The van der Waals surface area contributed by atoms with Crippen molar-refractivity contribution in [3.63, 3.8) is 0 Å². The Kier molecular flexibility index (Phi) is 5.07. The minimum Gasteiger partial charge on any atom is -0.489 e. The average Bonchev–Trinajstić information content (AvgIpc) is 3.18. The van der Waals surface area contributed by atoms with Crippen LogP contribution in [0.1, 0.15) is 34.9 Å². The van der Waals surface area contributed by atoms with Crippen LogP contribution in [0.2, 0.25) is 0 Å². The molecule has 8 heteroatoms. The normalized spacial score (nSPS) is 22.4. The average molecular weight is 420 g/mol. The summed E-state index contributed by atoms with van der Waals surface area (Å²) in [5.74, 6) is 0.276. The molecule has 3 aromatic rings. The highest BCUT2D eigenvalue weighted by atomic mass is 16.6. The highest BCUT2D eigenvalue weighted by Gasteiger charge is 2.37. The summed E-state index contributed by atoms with van der Waals surface area (Å²) in [5, 5.41) is 5.19. The van der Waals surface area contributed by atoms with Gasteiger partial charge in [-0.25, -0.2) is 9.59 Å². The van der Waals surface area contributed by atoms with Gasteiger partial charge >= 0.3 is 12.1 Å². The summed E-state index contributed by atoms with van der Waals surface area (Å²) in [5.41, 5.74) is 7.01. The van der Waals surface area contributed by atoms with E-state index in [9.17, 15) is 9.59 Å². The van der Waals surface area contributed by atoms with E-state index >= 15 is 0 Å². The summed E-state index contributed by atoms with van der Waals surface area (Å²) < 4.78 is 12.5. The molecule has 3 aliphatic heterocycles. The Morgan fingerprint density at radius 3 is 2.55 bits per heavy atom. The number of ether oxygens (including phenoxy) is 2. The molecule has 31 heavy (non-hydrogen) atoms. The molecule has 3 fully saturated rings. The van der Waals surface area contributed by atoms with Gasteiger partial charge in [0.25, 0.3) is 0 Å². The molecular weight excluding hydrogens is 396 g/mol. The number of piperidine rings is 3. The summed E-state index contributed by atoms with van der Waals surface area (Å²) in [6.07, 6.45) is 1.09. The number of amides is 1. The summed E-state index contributed by atoms with van der Waals surface area (Å²) >= 11 is 0. The summed E-state index contributed by atoms with van der Waals surface area (Å²) in [7, 11) is 0. The molecule has 1 aromatic heterocycles. The number of aromatic nitrogens is 2. The van der Waals surface area contributed by atoms with Gasteiger partial charge in [0.05, 0.1) is 11.6 Å². The fourth-order valence-corrected chi connectivity index (χ4v) is 4.70. The first-order valence-electron chi connectivity index (χ1n) is 10.5. The van der Waals surface area contributed by atoms with Gasteiger partial charge in [-0.2, -0.15) is 5.10 Å². The Bertz CT molecular complexity index is 1120. The molecule has 3 aliphatic rings. The van der Waals surface area contributed by atoms with Gasteiger partial charge in [-0.1, -0.05) is 30.3 Å². The third-order valence-electron chi connectivity index (χ3n) is 6.25. The fourth-order valence-electron chi connectivity index (χ4n) is 4.70. The summed E-state index contributed by atoms with van der Waals surface area (Å²) in [6.45, 7) is 3.52. The molecule has 1 atom stereocenters. The smallest absolute Gasteiger partial charge is 0.412 e. The lowest BCUT2D eigenvalue weighted by Crippen LogP contribution is -2.48. The topological polar surface area (TPSA) is 99.7 Å². The van der Waals surface area contributed by atoms with Gasteiger partial charge in [-0.05, 0) is 55.6 Å². The number of benzene rings is 2. The zero-order valence-electron chi connectivity index (χ0n) is 17.1. The number of fused-ring (bicyclic) bond motifs is 4. The Hall–Kier alpha value is -3.39. The fraction of sp³-hybridized carbons (Fsp3) is 0.348. The molecule has 8 nitrogen and oxygen atoms in total. The Labute approximate surface area is 179 Å². The minimum atomic E-state index is -1.15. The number of nitrogens with zero attached hydrogens (tertiary/aromatic N) is 3. The standard InChI is InChI=1S/C23H24N4O4/c24-23(29)31-22(28)21-18-12-17(30-14-15-4-2-1-3-5-15)6-7-19(18)27(25-21)20-13-26-10-8-16(20)9-11-26/h1-7,12,16,20H,8-11,13-14H2,(H2,24,29)/t20-/m1/s1. The number of esters is 1. The molecule has 0 radical (unpaired) electrons. The van der Waals surface area contributed by atoms with Crippen LogP contribution in [-0.2, 0) is 11.3 Å². The second-order valence-electron chi connectivity index (χ2n) is 8.16. The molecule has 1 amide bonds. The van der Waals surface area contributed by atoms with Crippen molar-refractivity contribution in [3.05, 3.63) is 59.8 Å². The van der Waals surface area contributed by atoms with Crippen LogP contribution in [0, 0.1) is 5.92 Å². The van der Waals surface area contributed by atoms with E-state index in [4.69, 9.17) is 10.5 Å². The molecule has 2 bridgehead atoms. The number of nitrogens with two attached hydrogens (primary N) is 1. The van der Waals surface area contributed by atoms with Crippen molar-refractivity contribution < 1.29 is 19.1 Å². The van der Waals surface area contributed by atoms with Gasteiger partial charge in [0.1, 0.15) is 12.4 Å². The molecule has 0 spiro atoms. The molecule has 4 heterocycles. The van der Waals surface area contributed by atoms with Crippen molar-refractivity contribution in [2.45, 2.75) is 25.5 Å². The van der Waals surface area contributed by atoms with E-state index in [1.54, 1.807) is 6.07 Å². The quantitative estimate of drug-likeness (QED) is 0.503. The predicted molar refractivity (Wildman–Crippen MR) is 114 cm³/mol. The Morgan fingerprint density at radius 1 is 1.10 bits per heavy atom. The first-order chi connectivity index (χ1) is 15.1. The second kappa shape index (κ2) is 8.03. The number of primary amides is 1. The third-order valence-corrected chi connectivity index (χ3v) is 6.25. The summed E-state index contributed by atoms with van der Waals surface area (Å²) in [6, 6.07) is 15.6. The van der Waals surface area contributed by atoms with Crippen molar-refractivity contribution in [3.8, 4) is 5.75 Å². The van der Waals surface area contributed by atoms with Crippen LogP contribution in [-0.4, -0.2) is 46.4 Å². The van der Waals surface area contributed by atoms with Gasteiger partial charge in [-0.3, -0.25) is 4.68 Å². The maximum absolute atomic E-state index is 12.6. The van der Waals surface area contributed by atoms with Gasteiger partial charge in [0.2, 0.25) is 0 Å². The van der Waals surface area contributed by atoms with E-state index < -0.39 is 12.1 Å². The van der Waals surface area contributed by atoms with Crippen LogP contribution in [0.3, 0.4) is 0 Å². The van der Waals surface area contributed by atoms with Gasteiger partial charge in [-0.15, -0.1) is 0 Å². The van der Waals surface area contributed by atoms with E-state index in [0.29, 0.717) is 23.7 Å². The number of hydrogen-bond donors (Lipinski definition) is 1. The maximum atomic E-state index is 12.6. The molecule has 2 aromatic carbocycles. The summed E-state index contributed by atoms with van der Waals surface area (Å²) in [4.78, 5) is 26.2. The highest BCUT2D eigenvalue weighted by Crippen LogP contribution is 2.38. The van der Waals surface area contributed by atoms with Crippen LogP contribution in [0.15, 0.2) is 48.5 Å². The largest absolute Gasteiger partial charge is 0.489 e. The first kappa shape index (κ1) is 19.6.